The Bertz CT molecular complexity index is 3450. The number of aromatic nitrogens is 5. The standard InChI is InChI=1S/C59H39N5O/c1-58(2)44-25-13-12-24-41(44)51-52(60-54(61-53(51)58)36-18-6-3-7-19-36)39-30-32-45-42(34-39)43-35-40(57-63-55(37-20-8-4-9-21-37)62-56(64-57)38-22-10-5-11-23-38)31-33-46(43)59(45)47-26-14-16-28-49(47)65-50-29-17-15-27-48(50)59/h3-35H,1-2H3. The molecule has 0 unspecified atom stereocenters. The predicted octanol–water partition coefficient (Wildman–Crippen LogP) is 13.8. The fraction of sp³-hybridized carbons (Fsp3) is 0.0678. The van der Waals surface area contributed by atoms with Crippen LogP contribution in [0.5, 0.6) is 11.5 Å². The minimum atomic E-state index is -0.673. The molecule has 2 aromatic heterocycles. The van der Waals surface area contributed by atoms with Gasteiger partial charge < -0.3 is 4.74 Å². The van der Waals surface area contributed by atoms with Crippen LogP contribution in [-0.2, 0) is 10.8 Å². The van der Waals surface area contributed by atoms with E-state index in [1.807, 2.05) is 66.7 Å². The molecule has 306 valence electrons. The quantitative estimate of drug-likeness (QED) is 0.172. The zero-order chi connectivity index (χ0) is 43.3. The summed E-state index contributed by atoms with van der Waals surface area (Å²) in [5, 5.41) is 0. The molecule has 0 amide bonds. The van der Waals surface area contributed by atoms with Gasteiger partial charge in [-0.25, -0.2) is 24.9 Å². The molecule has 1 spiro atoms. The van der Waals surface area contributed by atoms with Crippen molar-refractivity contribution in [2.75, 3.05) is 0 Å². The molecule has 3 aliphatic rings. The molecule has 13 rings (SSSR count). The van der Waals surface area contributed by atoms with Crippen LogP contribution in [0.25, 0.3) is 79.1 Å². The van der Waals surface area contributed by atoms with E-state index < -0.39 is 5.41 Å². The summed E-state index contributed by atoms with van der Waals surface area (Å²) < 4.78 is 6.71. The monoisotopic (exact) mass is 833 g/mol. The normalized spacial score (nSPS) is 14.1. The number of rotatable bonds is 5. The highest BCUT2D eigenvalue weighted by atomic mass is 16.5. The molecule has 1 aliphatic heterocycles. The van der Waals surface area contributed by atoms with E-state index in [2.05, 4.69) is 147 Å². The first kappa shape index (κ1) is 37.2. The van der Waals surface area contributed by atoms with Gasteiger partial charge in [-0.2, -0.15) is 0 Å². The summed E-state index contributed by atoms with van der Waals surface area (Å²) in [5.74, 6) is 4.25. The molecule has 0 radical (unpaired) electrons. The first-order valence-corrected chi connectivity index (χ1v) is 22.1. The maximum Gasteiger partial charge on any atom is 0.164 e. The minimum Gasteiger partial charge on any atom is -0.457 e. The highest BCUT2D eigenvalue weighted by molar-refractivity contribution is 5.95. The van der Waals surface area contributed by atoms with Crippen molar-refractivity contribution >= 4 is 0 Å². The smallest absolute Gasteiger partial charge is 0.164 e. The van der Waals surface area contributed by atoms with Crippen LogP contribution in [0.1, 0.15) is 47.4 Å². The summed E-state index contributed by atoms with van der Waals surface area (Å²) in [6, 6.07) is 70.0. The summed E-state index contributed by atoms with van der Waals surface area (Å²) in [6.45, 7) is 4.56. The molecule has 0 fully saturated rings. The number of para-hydroxylation sites is 2. The fourth-order valence-corrected chi connectivity index (χ4v) is 10.6. The molecular weight excluding hydrogens is 795 g/mol. The molecule has 0 atom stereocenters. The summed E-state index contributed by atoms with van der Waals surface area (Å²) >= 11 is 0. The van der Waals surface area contributed by atoms with Crippen molar-refractivity contribution in [1.82, 2.24) is 24.9 Å². The lowest BCUT2D eigenvalue weighted by Crippen LogP contribution is -2.32. The van der Waals surface area contributed by atoms with Crippen LogP contribution < -0.4 is 4.74 Å². The third-order valence-electron chi connectivity index (χ3n) is 13.6. The Kier molecular flexibility index (Phi) is 8.06. The Morgan fingerprint density at radius 3 is 1.32 bits per heavy atom. The molecule has 0 saturated heterocycles. The van der Waals surface area contributed by atoms with Gasteiger partial charge in [-0.15, -0.1) is 0 Å². The second-order valence-electron chi connectivity index (χ2n) is 17.6. The van der Waals surface area contributed by atoms with Gasteiger partial charge in [0.25, 0.3) is 0 Å². The number of benzene rings is 8. The van der Waals surface area contributed by atoms with Crippen LogP contribution in [0.3, 0.4) is 0 Å². The molecule has 2 aliphatic carbocycles. The van der Waals surface area contributed by atoms with Gasteiger partial charge in [-0.1, -0.05) is 190 Å². The van der Waals surface area contributed by atoms with Crippen molar-refractivity contribution in [2.24, 2.45) is 0 Å². The second kappa shape index (κ2) is 14.1. The first-order chi connectivity index (χ1) is 32.0. The molecule has 6 heteroatoms. The summed E-state index contributed by atoms with van der Waals surface area (Å²) in [7, 11) is 0. The third kappa shape index (κ3) is 5.50. The number of fused-ring (bicyclic) bond motifs is 12. The molecule has 3 heterocycles. The maximum absolute atomic E-state index is 6.71. The van der Waals surface area contributed by atoms with Crippen LogP contribution >= 0.6 is 0 Å². The van der Waals surface area contributed by atoms with E-state index in [1.54, 1.807) is 0 Å². The Balaban J connectivity index is 1.09. The minimum absolute atomic E-state index is 0.327. The predicted molar refractivity (Wildman–Crippen MR) is 258 cm³/mol. The highest BCUT2D eigenvalue weighted by Gasteiger charge is 2.51. The first-order valence-electron chi connectivity index (χ1n) is 22.1. The molecule has 65 heavy (non-hydrogen) atoms. The van der Waals surface area contributed by atoms with Gasteiger partial charge in [0, 0.05) is 49.9 Å². The van der Waals surface area contributed by atoms with Crippen molar-refractivity contribution in [2.45, 2.75) is 24.7 Å². The van der Waals surface area contributed by atoms with E-state index in [-0.39, 0.29) is 5.41 Å². The number of hydrogen-bond donors (Lipinski definition) is 0. The Labute approximate surface area is 377 Å². The van der Waals surface area contributed by atoms with Gasteiger partial charge in [-0.3, -0.25) is 0 Å². The van der Waals surface area contributed by atoms with Crippen molar-refractivity contribution in [3.8, 4) is 90.6 Å². The SMILES string of the molecule is CC1(C)c2ccccc2-c2c(-c3ccc4c(c3)-c3cc(-c5nc(-c6ccccc6)nc(-c6ccccc6)n5)ccc3C43c4ccccc4Oc4ccccc43)nc(-c3ccccc3)nc21. The Morgan fingerprint density at radius 2 is 0.769 bits per heavy atom. The zero-order valence-electron chi connectivity index (χ0n) is 35.7. The Hall–Kier alpha value is -8.35. The average molecular weight is 834 g/mol. The van der Waals surface area contributed by atoms with Gasteiger partial charge in [0.2, 0.25) is 0 Å². The van der Waals surface area contributed by atoms with Crippen molar-refractivity contribution < 1.29 is 4.74 Å². The van der Waals surface area contributed by atoms with Gasteiger partial charge in [0.1, 0.15) is 11.5 Å². The summed E-state index contributed by atoms with van der Waals surface area (Å²) in [4.78, 5) is 26.2. The lowest BCUT2D eigenvalue weighted by molar-refractivity contribution is 0.436. The van der Waals surface area contributed by atoms with E-state index in [9.17, 15) is 0 Å². The van der Waals surface area contributed by atoms with E-state index in [4.69, 9.17) is 29.7 Å². The number of hydrogen-bond acceptors (Lipinski definition) is 6. The van der Waals surface area contributed by atoms with Crippen molar-refractivity contribution in [3.05, 3.63) is 234 Å². The van der Waals surface area contributed by atoms with E-state index in [0.717, 1.165) is 78.5 Å². The van der Waals surface area contributed by atoms with Crippen LogP contribution in [-0.4, -0.2) is 24.9 Å². The van der Waals surface area contributed by atoms with E-state index >= 15 is 0 Å². The van der Waals surface area contributed by atoms with Crippen LogP contribution in [0.4, 0.5) is 0 Å². The maximum atomic E-state index is 6.71. The van der Waals surface area contributed by atoms with Gasteiger partial charge in [0.15, 0.2) is 23.3 Å². The largest absolute Gasteiger partial charge is 0.457 e. The number of ether oxygens (including phenoxy) is 1. The van der Waals surface area contributed by atoms with Gasteiger partial charge >= 0.3 is 0 Å². The topological polar surface area (TPSA) is 73.7 Å². The molecular formula is C59H39N5O. The third-order valence-corrected chi connectivity index (χ3v) is 13.6. The van der Waals surface area contributed by atoms with Crippen LogP contribution in [0.2, 0.25) is 0 Å². The van der Waals surface area contributed by atoms with Gasteiger partial charge in [-0.05, 0) is 57.6 Å². The lowest BCUT2D eigenvalue weighted by atomic mass is 9.66. The molecule has 8 aromatic carbocycles. The second-order valence-corrected chi connectivity index (χ2v) is 17.6. The van der Waals surface area contributed by atoms with Crippen LogP contribution in [0, 0.1) is 0 Å². The van der Waals surface area contributed by atoms with Gasteiger partial charge in [0.05, 0.1) is 16.8 Å². The molecule has 10 aromatic rings. The zero-order valence-corrected chi connectivity index (χ0v) is 35.7. The number of nitrogens with zero attached hydrogens (tertiary/aromatic N) is 5. The van der Waals surface area contributed by atoms with Crippen LogP contribution in [0.15, 0.2) is 200 Å². The fourth-order valence-electron chi connectivity index (χ4n) is 10.6. The van der Waals surface area contributed by atoms with Crippen molar-refractivity contribution in [1.29, 1.82) is 0 Å². The molecule has 0 N–H and O–H groups in total. The Morgan fingerprint density at radius 1 is 0.338 bits per heavy atom. The summed E-state index contributed by atoms with van der Waals surface area (Å²) in [5.41, 5.74) is 16.0. The van der Waals surface area contributed by atoms with E-state index in [1.165, 1.54) is 22.3 Å². The molecule has 0 saturated carbocycles. The lowest BCUT2D eigenvalue weighted by Gasteiger charge is -2.39. The average Bonchev–Trinajstić information content (AvgIpc) is 3.78. The molecule has 0 bridgehead atoms. The van der Waals surface area contributed by atoms with Crippen molar-refractivity contribution in [3.63, 3.8) is 0 Å². The highest BCUT2D eigenvalue weighted by Crippen LogP contribution is 2.63. The molecule has 6 nitrogen and oxygen atoms in total. The summed E-state index contributed by atoms with van der Waals surface area (Å²) in [6.07, 6.45) is 0. The van der Waals surface area contributed by atoms with E-state index in [0.29, 0.717) is 23.3 Å².